The number of rotatable bonds is 6. The van der Waals surface area contributed by atoms with Gasteiger partial charge in [0.25, 0.3) is 0 Å². The summed E-state index contributed by atoms with van der Waals surface area (Å²) in [5.74, 6) is 0.102. The van der Waals surface area contributed by atoms with E-state index in [2.05, 4.69) is 23.7 Å². The molecule has 0 fully saturated rings. The monoisotopic (exact) mass is 248 g/mol. The van der Waals surface area contributed by atoms with Crippen LogP contribution < -0.4 is 10.6 Å². The van der Waals surface area contributed by atoms with Gasteiger partial charge in [0.1, 0.15) is 5.84 Å². The molecule has 0 spiro atoms. The summed E-state index contributed by atoms with van der Waals surface area (Å²) >= 11 is 0. The Morgan fingerprint density at radius 3 is 2.56 bits per heavy atom. The van der Waals surface area contributed by atoms with Crippen LogP contribution in [-0.2, 0) is 0 Å². The maximum atomic E-state index is 7.74. The van der Waals surface area contributed by atoms with Crippen molar-refractivity contribution in [1.82, 2.24) is 4.98 Å². The van der Waals surface area contributed by atoms with E-state index in [1.165, 1.54) is 0 Å². The predicted molar refractivity (Wildman–Crippen MR) is 77.5 cm³/mol. The van der Waals surface area contributed by atoms with E-state index in [1.54, 1.807) is 0 Å². The highest BCUT2D eigenvalue weighted by Crippen LogP contribution is 2.24. The first-order chi connectivity index (χ1) is 8.51. The minimum absolute atomic E-state index is 0.102. The molecule has 1 aromatic heterocycles. The predicted octanol–water partition coefficient (Wildman–Crippen LogP) is 2.61. The zero-order valence-electron chi connectivity index (χ0n) is 11.9. The number of amidine groups is 1. The summed E-state index contributed by atoms with van der Waals surface area (Å²) in [5.41, 5.74) is 9.34. The number of unbranched alkanes of at least 4 members (excludes halogenated alkanes) is 1. The average Bonchev–Trinajstić information content (AvgIpc) is 2.28. The first kappa shape index (κ1) is 14.5. The van der Waals surface area contributed by atoms with Gasteiger partial charge in [-0.05, 0) is 33.3 Å². The van der Waals surface area contributed by atoms with Gasteiger partial charge < -0.3 is 10.6 Å². The van der Waals surface area contributed by atoms with E-state index >= 15 is 0 Å². The van der Waals surface area contributed by atoms with Crippen LogP contribution in [0.2, 0.25) is 0 Å². The van der Waals surface area contributed by atoms with E-state index in [9.17, 15) is 0 Å². The zero-order valence-corrected chi connectivity index (χ0v) is 11.9. The van der Waals surface area contributed by atoms with E-state index in [0.29, 0.717) is 0 Å². The molecule has 0 aliphatic carbocycles. The van der Waals surface area contributed by atoms with Crippen molar-refractivity contribution < 1.29 is 0 Å². The largest absolute Gasteiger partial charge is 0.384 e. The van der Waals surface area contributed by atoms with E-state index in [0.717, 1.165) is 48.6 Å². The minimum atomic E-state index is 0.102. The molecule has 1 rings (SSSR count). The number of nitrogens with two attached hydrogens (primary N) is 1. The zero-order chi connectivity index (χ0) is 13.7. The molecule has 3 N–H and O–H groups in total. The summed E-state index contributed by atoms with van der Waals surface area (Å²) in [6.07, 6.45) is 2.31. The van der Waals surface area contributed by atoms with E-state index < -0.39 is 0 Å². The lowest BCUT2D eigenvalue weighted by Gasteiger charge is -2.26. The second-order valence-corrected chi connectivity index (χ2v) is 4.59. The SMILES string of the molecule is CCCCN(CC)c1cc(C)nc(C)c1C(=N)N. The van der Waals surface area contributed by atoms with Gasteiger partial charge in [-0.25, -0.2) is 0 Å². The number of nitrogens with zero attached hydrogens (tertiary/aromatic N) is 2. The van der Waals surface area contributed by atoms with Crippen LogP contribution in [-0.4, -0.2) is 23.9 Å². The van der Waals surface area contributed by atoms with Crippen molar-refractivity contribution in [1.29, 1.82) is 5.41 Å². The highest BCUT2D eigenvalue weighted by atomic mass is 15.1. The molecule has 0 saturated carbocycles. The van der Waals surface area contributed by atoms with Gasteiger partial charge in [0.05, 0.1) is 16.9 Å². The van der Waals surface area contributed by atoms with Crippen LogP contribution in [0.25, 0.3) is 0 Å². The van der Waals surface area contributed by atoms with Crippen molar-refractivity contribution in [3.05, 3.63) is 23.0 Å². The van der Waals surface area contributed by atoms with Crippen molar-refractivity contribution in [3.63, 3.8) is 0 Å². The molecule has 0 aromatic carbocycles. The molecule has 0 aliphatic heterocycles. The van der Waals surface area contributed by atoms with Crippen LogP contribution in [0.4, 0.5) is 5.69 Å². The third-order valence-corrected chi connectivity index (χ3v) is 3.08. The Morgan fingerprint density at radius 1 is 1.39 bits per heavy atom. The lowest BCUT2D eigenvalue weighted by Crippen LogP contribution is -2.28. The number of hydrogen-bond donors (Lipinski definition) is 2. The van der Waals surface area contributed by atoms with E-state index in [-0.39, 0.29) is 5.84 Å². The standard InChI is InChI=1S/C14H24N4/c1-5-7-8-18(6-2)12-9-10(3)17-11(4)13(12)14(15)16/h9H,5-8H2,1-4H3,(H3,15,16). The number of nitrogens with one attached hydrogen (secondary N) is 1. The molecule has 0 radical (unpaired) electrons. The number of nitrogen functional groups attached to an aromatic ring is 1. The lowest BCUT2D eigenvalue weighted by atomic mass is 10.1. The molecule has 4 nitrogen and oxygen atoms in total. The maximum Gasteiger partial charge on any atom is 0.126 e. The molecule has 0 bridgehead atoms. The number of anilines is 1. The Bertz CT molecular complexity index is 426. The average molecular weight is 248 g/mol. The number of pyridine rings is 1. The third-order valence-electron chi connectivity index (χ3n) is 3.08. The van der Waals surface area contributed by atoms with Crippen molar-refractivity contribution in [2.45, 2.75) is 40.5 Å². The molecular weight excluding hydrogens is 224 g/mol. The fourth-order valence-electron chi connectivity index (χ4n) is 2.19. The van der Waals surface area contributed by atoms with Crippen molar-refractivity contribution in [2.24, 2.45) is 5.73 Å². The fourth-order valence-corrected chi connectivity index (χ4v) is 2.19. The smallest absolute Gasteiger partial charge is 0.126 e. The molecule has 0 saturated heterocycles. The Hall–Kier alpha value is -1.58. The molecule has 18 heavy (non-hydrogen) atoms. The normalized spacial score (nSPS) is 10.4. The number of hydrogen-bond acceptors (Lipinski definition) is 3. The van der Waals surface area contributed by atoms with Gasteiger partial charge in [0, 0.05) is 18.8 Å². The van der Waals surface area contributed by atoms with Gasteiger partial charge >= 0.3 is 0 Å². The molecule has 0 amide bonds. The van der Waals surface area contributed by atoms with Gasteiger partial charge in [-0.15, -0.1) is 0 Å². The molecule has 100 valence electrons. The Morgan fingerprint density at radius 2 is 2.06 bits per heavy atom. The molecule has 0 unspecified atom stereocenters. The molecule has 4 heteroatoms. The van der Waals surface area contributed by atoms with Gasteiger partial charge in [-0.3, -0.25) is 10.4 Å². The van der Waals surface area contributed by atoms with Gasteiger partial charge in [-0.2, -0.15) is 0 Å². The summed E-state index contributed by atoms with van der Waals surface area (Å²) < 4.78 is 0. The first-order valence-corrected chi connectivity index (χ1v) is 6.58. The summed E-state index contributed by atoms with van der Waals surface area (Å²) in [6.45, 7) is 10.1. The fraction of sp³-hybridized carbons (Fsp3) is 0.571. The molecular formula is C14H24N4. The van der Waals surface area contributed by atoms with Gasteiger partial charge in [0.15, 0.2) is 0 Å². The van der Waals surface area contributed by atoms with Crippen molar-refractivity contribution >= 4 is 11.5 Å². The second kappa shape index (κ2) is 6.38. The highest BCUT2D eigenvalue weighted by Gasteiger charge is 2.15. The van der Waals surface area contributed by atoms with E-state index in [1.807, 2.05) is 19.9 Å². The quantitative estimate of drug-likeness (QED) is 0.600. The first-order valence-electron chi connectivity index (χ1n) is 6.58. The van der Waals surface area contributed by atoms with Crippen LogP contribution in [0.5, 0.6) is 0 Å². The molecule has 0 aliphatic rings. The van der Waals surface area contributed by atoms with Gasteiger partial charge in [-0.1, -0.05) is 13.3 Å². The Labute approximate surface area is 110 Å². The Kier molecular flexibility index (Phi) is 5.13. The molecule has 1 aromatic rings. The number of aromatic nitrogens is 1. The van der Waals surface area contributed by atoms with Crippen LogP contribution in [0, 0.1) is 19.3 Å². The highest BCUT2D eigenvalue weighted by molar-refractivity contribution is 6.01. The van der Waals surface area contributed by atoms with Crippen LogP contribution in [0.15, 0.2) is 6.07 Å². The topological polar surface area (TPSA) is 66.0 Å². The van der Waals surface area contributed by atoms with Crippen LogP contribution in [0.1, 0.15) is 43.6 Å². The third kappa shape index (κ3) is 3.22. The van der Waals surface area contributed by atoms with Gasteiger partial charge in [0.2, 0.25) is 0 Å². The number of aryl methyl sites for hydroxylation is 2. The Balaban J connectivity index is 3.22. The second-order valence-electron chi connectivity index (χ2n) is 4.59. The lowest BCUT2D eigenvalue weighted by molar-refractivity contribution is 0.730. The molecule has 1 heterocycles. The van der Waals surface area contributed by atoms with Crippen molar-refractivity contribution in [2.75, 3.05) is 18.0 Å². The van der Waals surface area contributed by atoms with E-state index in [4.69, 9.17) is 11.1 Å². The summed E-state index contributed by atoms with van der Waals surface area (Å²) in [7, 11) is 0. The van der Waals surface area contributed by atoms with Crippen molar-refractivity contribution in [3.8, 4) is 0 Å². The minimum Gasteiger partial charge on any atom is -0.384 e. The summed E-state index contributed by atoms with van der Waals surface area (Å²) in [4.78, 5) is 6.68. The summed E-state index contributed by atoms with van der Waals surface area (Å²) in [6, 6.07) is 2.03. The maximum absolute atomic E-state index is 7.74. The molecule has 0 atom stereocenters. The van der Waals surface area contributed by atoms with Crippen LogP contribution in [0.3, 0.4) is 0 Å². The summed E-state index contributed by atoms with van der Waals surface area (Å²) in [5, 5.41) is 7.74. The van der Waals surface area contributed by atoms with Crippen LogP contribution >= 0.6 is 0 Å².